The van der Waals surface area contributed by atoms with Crippen LogP contribution in [-0.4, -0.2) is 20.2 Å². The maximum absolute atomic E-state index is 6.26. The molecular weight excluding hydrogens is 364 g/mol. The van der Waals surface area contributed by atoms with Gasteiger partial charge in [0.25, 0.3) is 0 Å². The van der Waals surface area contributed by atoms with Crippen molar-refractivity contribution >= 4 is 28.4 Å². The van der Waals surface area contributed by atoms with Crippen molar-refractivity contribution in [3.8, 4) is 22.8 Å². The van der Waals surface area contributed by atoms with E-state index in [1.54, 1.807) is 0 Å². The molecule has 1 fully saturated rings. The van der Waals surface area contributed by atoms with Gasteiger partial charge < -0.3 is 15.8 Å². The molecule has 1 aliphatic carbocycles. The van der Waals surface area contributed by atoms with Gasteiger partial charge in [0.1, 0.15) is 5.75 Å². The highest BCUT2D eigenvalue weighted by atomic mass is 16.5. The fourth-order valence-electron chi connectivity index (χ4n) is 4.41. The zero-order chi connectivity index (χ0) is 19.4. The Kier molecular flexibility index (Phi) is 3.50. The summed E-state index contributed by atoms with van der Waals surface area (Å²) in [5.74, 6) is 3.03. The Morgan fingerprint density at radius 2 is 1.86 bits per heavy atom. The van der Waals surface area contributed by atoms with Crippen molar-refractivity contribution in [3.05, 3.63) is 48.2 Å². The molecular formula is C22H20N6O. The first-order valence-corrected chi connectivity index (χ1v) is 9.95. The highest BCUT2D eigenvalue weighted by Crippen LogP contribution is 2.44. The van der Waals surface area contributed by atoms with Crippen LogP contribution in [0.1, 0.15) is 37.3 Å². The maximum Gasteiger partial charge on any atom is 0.220 e. The van der Waals surface area contributed by atoms with Crippen LogP contribution in [0.25, 0.3) is 22.2 Å². The molecule has 0 radical (unpaired) electrons. The van der Waals surface area contributed by atoms with E-state index in [0.29, 0.717) is 11.9 Å². The quantitative estimate of drug-likeness (QED) is 0.391. The van der Waals surface area contributed by atoms with Crippen molar-refractivity contribution in [2.75, 3.05) is 11.1 Å². The molecule has 0 unspecified atom stereocenters. The van der Waals surface area contributed by atoms with Gasteiger partial charge in [0.15, 0.2) is 11.6 Å². The predicted octanol–water partition coefficient (Wildman–Crippen LogP) is 5.11. The van der Waals surface area contributed by atoms with E-state index in [0.717, 1.165) is 63.7 Å². The summed E-state index contributed by atoms with van der Waals surface area (Å²) in [5, 5.41) is 11.8. The lowest BCUT2D eigenvalue weighted by Crippen LogP contribution is -2.04. The number of anilines is 3. The summed E-state index contributed by atoms with van der Waals surface area (Å²) in [6.45, 7) is 0. The number of benzene rings is 2. The number of rotatable bonds is 2. The molecule has 2 aromatic heterocycles. The lowest BCUT2D eigenvalue weighted by atomic mass is 10.0. The minimum Gasteiger partial charge on any atom is -0.454 e. The standard InChI is InChI=1S/C22H20N6O/c23-22-25-15(12-5-1-2-6-12)11-16(26-22)13-9-17-20-19(10-13)29-18-8-4-3-7-14(18)24-21(20)28-27-17/h3-4,7-12H,1-2,5-6H2,(H2,23,25,26)(H2,24,27,28). The third-order valence-electron chi connectivity index (χ3n) is 5.82. The van der Waals surface area contributed by atoms with Crippen molar-refractivity contribution in [1.29, 1.82) is 0 Å². The molecule has 1 saturated carbocycles. The smallest absolute Gasteiger partial charge is 0.220 e. The molecule has 0 spiro atoms. The van der Waals surface area contributed by atoms with Crippen LogP contribution in [0.2, 0.25) is 0 Å². The van der Waals surface area contributed by atoms with Crippen LogP contribution in [0.15, 0.2) is 42.5 Å². The zero-order valence-electron chi connectivity index (χ0n) is 15.8. The van der Waals surface area contributed by atoms with E-state index in [2.05, 4.69) is 31.5 Å². The second-order valence-corrected chi connectivity index (χ2v) is 7.71. The van der Waals surface area contributed by atoms with E-state index < -0.39 is 0 Å². The van der Waals surface area contributed by atoms with E-state index in [4.69, 9.17) is 10.5 Å². The normalized spacial score (nSPS) is 15.6. The maximum atomic E-state index is 6.26. The summed E-state index contributed by atoms with van der Waals surface area (Å²) in [5.41, 5.74) is 10.6. The topological polar surface area (TPSA) is 102 Å². The molecule has 6 rings (SSSR count). The van der Waals surface area contributed by atoms with Gasteiger partial charge >= 0.3 is 0 Å². The molecule has 144 valence electrons. The minimum atomic E-state index is 0.314. The molecule has 7 nitrogen and oxygen atoms in total. The Morgan fingerprint density at radius 3 is 2.76 bits per heavy atom. The van der Waals surface area contributed by atoms with Crippen molar-refractivity contribution in [2.24, 2.45) is 0 Å². The lowest BCUT2D eigenvalue weighted by molar-refractivity contribution is 0.492. The highest BCUT2D eigenvalue weighted by molar-refractivity contribution is 6.00. The van der Waals surface area contributed by atoms with Crippen LogP contribution < -0.4 is 15.8 Å². The highest BCUT2D eigenvalue weighted by Gasteiger charge is 2.23. The Balaban J connectivity index is 1.50. The van der Waals surface area contributed by atoms with Crippen molar-refractivity contribution in [3.63, 3.8) is 0 Å². The van der Waals surface area contributed by atoms with Crippen LogP contribution in [0.3, 0.4) is 0 Å². The monoisotopic (exact) mass is 384 g/mol. The number of nitrogen functional groups attached to an aromatic ring is 1. The second kappa shape index (κ2) is 6.20. The Morgan fingerprint density at radius 1 is 1.00 bits per heavy atom. The van der Waals surface area contributed by atoms with Gasteiger partial charge in [-0.2, -0.15) is 5.10 Å². The largest absolute Gasteiger partial charge is 0.454 e. The molecule has 3 heterocycles. The van der Waals surface area contributed by atoms with Gasteiger partial charge in [0, 0.05) is 17.2 Å². The Hall–Kier alpha value is -3.61. The number of para-hydroxylation sites is 2. The molecule has 4 aromatic rings. The van der Waals surface area contributed by atoms with Gasteiger partial charge in [0.05, 0.1) is 22.3 Å². The zero-order valence-corrected chi connectivity index (χ0v) is 15.8. The van der Waals surface area contributed by atoms with Crippen LogP contribution in [0.4, 0.5) is 17.5 Å². The van der Waals surface area contributed by atoms with Gasteiger partial charge in [-0.25, -0.2) is 9.97 Å². The van der Waals surface area contributed by atoms with E-state index in [1.807, 2.05) is 36.4 Å². The van der Waals surface area contributed by atoms with Gasteiger partial charge in [-0.15, -0.1) is 0 Å². The van der Waals surface area contributed by atoms with Gasteiger partial charge in [-0.05, 0) is 43.2 Å². The molecule has 4 N–H and O–H groups in total. The number of hydrogen-bond acceptors (Lipinski definition) is 6. The van der Waals surface area contributed by atoms with Gasteiger partial charge in [-0.3, -0.25) is 5.10 Å². The third kappa shape index (κ3) is 2.69. The summed E-state index contributed by atoms with van der Waals surface area (Å²) >= 11 is 0. The number of aromatic amines is 1. The van der Waals surface area contributed by atoms with Gasteiger partial charge in [0.2, 0.25) is 5.95 Å². The molecule has 29 heavy (non-hydrogen) atoms. The molecule has 0 amide bonds. The van der Waals surface area contributed by atoms with Crippen molar-refractivity contribution in [1.82, 2.24) is 20.2 Å². The summed E-state index contributed by atoms with van der Waals surface area (Å²) in [6.07, 6.45) is 4.82. The SMILES string of the molecule is Nc1nc(-c2cc3c4c(n[nH]c4c2)Nc2ccccc2O3)cc(C2CCCC2)n1. The first-order chi connectivity index (χ1) is 14.2. The Labute approximate surface area is 167 Å². The van der Waals surface area contributed by atoms with Crippen LogP contribution >= 0.6 is 0 Å². The fraction of sp³-hybridized carbons (Fsp3) is 0.227. The number of ether oxygens (including phenoxy) is 1. The number of nitrogens with two attached hydrogens (primary N) is 1. The van der Waals surface area contributed by atoms with E-state index in [9.17, 15) is 0 Å². The van der Waals surface area contributed by atoms with Crippen LogP contribution in [-0.2, 0) is 0 Å². The van der Waals surface area contributed by atoms with E-state index >= 15 is 0 Å². The van der Waals surface area contributed by atoms with Crippen LogP contribution in [0.5, 0.6) is 11.5 Å². The molecule has 2 aliphatic rings. The number of aromatic nitrogens is 4. The lowest BCUT2D eigenvalue weighted by Gasteiger charge is -2.12. The number of H-pyrrole nitrogens is 1. The minimum absolute atomic E-state index is 0.314. The molecule has 0 atom stereocenters. The predicted molar refractivity (Wildman–Crippen MR) is 113 cm³/mol. The second-order valence-electron chi connectivity index (χ2n) is 7.71. The average Bonchev–Trinajstić information content (AvgIpc) is 3.36. The molecule has 1 aliphatic heterocycles. The van der Waals surface area contributed by atoms with E-state index in [-0.39, 0.29) is 0 Å². The molecule has 0 bridgehead atoms. The van der Waals surface area contributed by atoms with Crippen molar-refractivity contribution in [2.45, 2.75) is 31.6 Å². The fourth-order valence-corrected chi connectivity index (χ4v) is 4.41. The average molecular weight is 384 g/mol. The molecule has 7 heteroatoms. The summed E-state index contributed by atoms with van der Waals surface area (Å²) < 4.78 is 6.26. The summed E-state index contributed by atoms with van der Waals surface area (Å²) in [4.78, 5) is 9.02. The summed E-state index contributed by atoms with van der Waals surface area (Å²) in [7, 11) is 0. The molecule has 0 saturated heterocycles. The summed E-state index contributed by atoms with van der Waals surface area (Å²) in [6, 6.07) is 14.0. The molecule has 2 aromatic carbocycles. The van der Waals surface area contributed by atoms with E-state index in [1.165, 1.54) is 12.8 Å². The number of fused-ring (bicyclic) bond motifs is 1. The third-order valence-corrected chi connectivity index (χ3v) is 5.82. The van der Waals surface area contributed by atoms with Crippen molar-refractivity contribution < 1.29 is 4.74 Å². The van der Waals surface area contributed by atoms with Crippen LogP contribution in [0, 0.1) is 0 Å². The number of hydrogen-bond donors (Lipinski definition) is 3. The Bertz CT molecular complexity index is 1240. The van der Waals surface area contributed by atoms with Gasteiger partial charge in [-0.1, -0.05) is 25.0 Å². The first-order valence-electron chi connectivity index (χ1n) is 9.95. The first kappa shape index (κ1) is 16.4. The number of nitrogens with zero attached hydrogens (tertiary/aromatic N) is 3. The number of nitrogens with one attached hydrogen (secondary N) is 2.